The van der Waals surface area contributed by atoms with Gasteiger partial charge in [0.25, 0.3) is 0 Å². The number of carbonyl (C=O) groups excluding carboxylic acids is 2. The molecular formula is C15H12N2O2. The van der Waals surface area contributed by atoms with Crippen LogP contribution >= 0.6 is 0 Å². The number of likely N-dealkylation sites (N-methyl/N-ethyl adjacent to an activating group) is 1. The minimum absolute atomic E-state index is 0.212. The van der Waals surface area contributed by atoms with Gasteiger partial charge in [-0.3, -0.25) is 14.6 Å². The van der Waals surface area contributed by atoms with Crippen molar-refractivity contribution in [3.63, 3.8) is 0 Å². The fourth-order valence-corrected chi connectivity index (χ4v) is 2.35. The number of hydrazone groups is 1. The van der Waals surface area contributed by atoms with Gasteiger partial charge in [-0.1, -0.05) is 24.3 Å². The molecule has 4 nitrogen and oxygen atoms in total. The number of allylic oxidation sites excluding steroid dienone is 3. The van der Waals surface area contributed by atoms with Crippen molar-refractivity contribution < 1.29 is 9.59 Å². The molecule has 0 fully saturated rings. The zero-order chi connectivity index (χ0) is 13.4. The van der Waals surface area contributed by atoms with Crippen molar-refractivity contribution in [1.29, 1.82) is 0 Å². The molecule has 0 atom stereocenters. The van der Waals surface area contributed by atoms with E-state index < -0.39 is 0 Å². The average molecular weight is 252 g/mol. The second kappa shape index (κ2) is 4.31. The van der Waals surface area contributed by atoms with Gasteiger partial charge in [-0.15, -0.1) is 0 Å². The number of rotatable bonds is 1. The van der Waals surface area contributed by atoms with E-state index in [1.807, 2.05) is 6.92 Å². The summed E-state index contributed by atoms with van der Waals surface area (Å²) in [5.41, 5.74) is 1.76. The monoisotopic (exact) mass is 252 g/mol. The Morgan fingerprint density at radius 3 is 2.32 bits per heavy atom. The lowest BCUT2D eigenvalue weighted by Gasteiger charge is -2.21. The molecule has 19 heavy (non-hydrogen) atoms. The Hall–Kier alpha value is -2.49. The molecule has 0 spiro atoms. The highest BCUT2D eigenvalue weighted by Crippen LogP contribution is 2.30. The normalized spacial score (nSPS) is 17.4. The van der Waals surface area contributed by atoms with E-state index >= 15 is 0 Å². The van der Waals surface area contributed by atoms with Crippen LogP contribution < -0.4 is 0 Å². The topological polar surface area (TPSA) is 49.7 Å². The maximum absolute atomic E-state index is 12.4. The standard InChI is InChI=1S/C15H12N2O2/c1-2-17-12(8-5-9-16-17)13-14(18)10-6-3-4-7-11(10)15(13)19/h3-9H,2H2,1H3. The first-order valence-corrected chi connectivity index (χ1v) is 6.15. The van der Waals surface area contributed by atoms with Gasteiger partial charge in [0, 0.05) is 23.9 Å². The molecule has 0 amide bonds. The number of nitrogens with zero attached hydrogens (tertiary/aromatic N) is 2. The SMILES string of the molecule is CCN1N=CC=CC1=C1C(=O)c2ccccc2C1=O. The molecule has 0 unspecified atom stereocenters. The summed E-state index contributed by atoms with van der Waals surface area (Å²) in [5.74, 6) is -0.424. The predicted octanol–water partition coefficient (Wildman–Crippen LogP) is 2.20. The van der Waals surface area contributed by atoms with E-state index in [9.17, 15) is 9.59 Å². The van der Waals surface area contributed by atoms with Crippen molar-refractivity contribution in [2.45, 2.75) is 6.92 Å². The fraction of sp³-hybridized carbons (Fsp3) is 0.133. The molecule has 2 aliphatic rings. The van der Waals surface area contributed by atoms with Crippen LogP contribution in [0.1, 0.15) is 27.6 Å². The van der Waals surface area contributed by atoms with Crippen LogP contribution in [0.2, 0.25) is 0 Å². The van der Waals surface area contributed by atoms with Gasteiger partial charge in [-0.2, -0.15) is 5.10 Å². The maximum Gasteiger partial charge on any atom is 0.199 e. The molecule has 1 aliphatic carbocycles. The highest BCUT2D eigenvalue weighted by Gasteiger charge is 2.36. The Bertz CT molecular complexity index is 631. The van der Waals surface area contributed by atoms with E-state index in [0.717, 1.165) is 0 Å². The third kappa shape index (κ3) is 1.64. The highest BCUT2D eigenvalue weighted by atomic mass is 16.2. The molecule has 1 heterocycles. The van der Waals surface area contributed by atoms with Crippen molar-refractivity contribution in [1.82, 2.24) is 5.01 Å². The zero-order valence-electron chi connectivity index (χ0n) is 10.5. The number of benzene rings is 1. The van der Waals surface area contributed by atoms with Crippen molar-refractivity contribution in [2.75, 3.05) is 6.54 Å². The van der Waals surface area contributed by atoms with E-state index in [1.165, 1.54) is 0 Å². The molecule has 1 aromatic carbocycles. The second-order valence-corrected chi connectivity index (χ2v) is 4.30. The third-order valence-corrected chi connectivity index (χ3v) is 3.25. The minimum Gasteiger partial charge on any atom is -0.288 e. The van der Waals surface area contributed by atoms with E-state index in [0.29, 0.717) is 23.4 Å². The van der Waals surface area contributed by atoms with Gasteiger partial charge in [-0.25, -0.2) is 0 Å². The van der Waals surface area contributed by atoms with Crippen LogP contribution in [-0.2, 0) is 0 Å². The Kier molecular flexibility index (Phi) is 2.63. The minimum atomic E-state index is -0.212. The summed E-state index contributed by atoms with van der Waals surface area (Å²) in [5, 5.41) is 5.83. The van der Waals surface area contributed by atoms with Crippen LogP contribution in [0.5, 0.6) is 0 Å². The molecule has 0 saturated heterocycles. The van der Waals surface area contributed by atoms with E-state index in [-0.39, 0.29) is 17.1 Å². The van der Waals surface area contributed by atoms with Crippen molar-refractivity contribution >= 4 is 17.8 Å². The summed E-state index contributed by atoms with van der Waals surface area (Å²) in [7, 11) is 0. The van der Waals surface area contributed by atoms with Crippen LogP contribution in [0.3, 0.4) is 0 Å². The fourth-order valence-electron chi connectivity index (χ4n) is 2.35. The summed E-state index contributed by atoms with van der Waals surface area (Å²) < 4.78 is 0. The first-order chi connectivity index (χ1) is 9.24. The van der Waals surface area contributed by atoms with Gasteiger partial charge in [-0.05, 0) is 19.1 Å². The van der Waals surface area contributed by atoms with Crippen molar-refractivity contribution in [3.05, 3.63) is 58.8 Å². The molecular weight excluding hydrogens is 240 g/mol. The van der Waals surface area contributed by atoms with Crippen molar-refractivity contribution in [2.24, 2.45) is 5.10 Å². The lowest BCUT2D eigenvalue weighted by atomic mass is 10.1. The number of Topliss-reactive ketones (excluding diaryl/α,β-unsaturated/α-hetero) is 2. The molecule has 0 radical (unpaired) electrons. The first kappa shape index (κ1) is 11.6. The zero-order valence-corrected chi connectivity index (χ0v) is 10.5. The predicted molar refractivity (Wildman–Crippen MR) is 72.1 cm³/mol. The van der Waals surface area contributed by atoms with Gasteiger partial charge in [0.1, 0.15) is 0 Å². The smallest absolute Gasteiger partial charge is 0.199 e. The maximum atomic E-state index is 12.4. The lowest BCUT2D eigenvalue weighted by Crippen LogP contribution is -2.22. The van der Waals surface area contributed by atoms with Gasteiger partial charge in [0.15, 0.2) is 11.6 Å². The van der Waals surface area contributed by atoms with E-state index in [2.05, 4.69) is 5.10 Å². The Labute approximate surface area is 110 Å². The summed E-state index contributed by atoms with van der Waals surface area (Å²) in [6, 6.07) is 6.92. The van der Waals surface area contributed by atoms with E-state index in [4.69, 9.17) is 0 Å². The number of fused-ring (bicyclic) bond motifs is 1. The molecule has 1 aromatic rings. The van der Waals surface area contributed by atoms with E-state index in [1.54, 1.807) is 47.6 Å². The Morgan fingerprint density at radius 2 is 1.74 bits per heavy atom. The summed E-state index contributed by atoms with van der Waals surface area (Å²) in [6.07, 6.45) is 5.14. The molecule has 94 valence electrons. The van der Waals surface area contributed by atoms with Gasteiger partial charge in [0.2, 0.25) is 0 Å². The number of hydrogen-bond donors (Lipinski definition) is 0. The Balaban J connectivity index is 2.19. The summed E-state index contributed by atoms with van der Waals surface area (Å²) in [4.78, 5) is 24.8. The molecule has 3 rings (SSSR count). The average Bonchev–Trinajstić information content (AvgIpc) is 2.71. The van der Waals surface area contributed by atoms with Gasteiger partial charge >= 0.3 is 0 Å². The quantitative estimate of drug-likeness (QED) is 0.568. The van der Waals surface area contributed by atoms with Crippen molar-refractivity contribution in [3.8, 4) is 0 Å². The number of hydrogen-bond acceptors (Lipinski definition) is 4. The highest BCUT2D eigenvalue weighted by molar-refractivity contribution is 6.40. The molecule has 4 heteroatoms. The van der Waals surface area contributed by atoms with Crippen LogP contribution in [0, 0.1) is 0 Å². The number of carbonyl (C=O) groups is 2. The van der Waals surface area contributed by atoms with Gasteiger partial charge in [0.05, 0.1) is 11.3 Å². The molecule has 0 saturated carbocycles. The summed E-state index contributed by atoms with van der Waals surface area (Å²) in [6.45, 7) is 2.53. The largest absolute Gasteiger partial charge is 0.288 e. The summed E-state index contributed by atoms with van der Waals surface area (Å²) >= 11 is 0. The second-order valence-electron chi connectivity index (χ2n) is 4.30. The van der Waals surface area contributed by atoms with Crippen LogP contribution in [0.25, 0.3) is 0 Å². The van der Waals surface area contributed by atoms with Crippen LogP contribution in [-0.4, -0.2) is 29.3 Å². The first-order valence-electron chi connectivity index (χ1n) is 6.15. The van der Waals surface area contributed by atoms with Crippen LogP contribution in [0.15, 0.2) is 52.8 Å². The number of ketones is 2. The third-order valence-electron chi connectivity index (χ3n) is 3.25. The molecule has 0 N–H and O–H groups in total. The molecule has 1 aliphatic heterocycles. The Morgan fingerprint density at radius 1 is 1.11 bits per heavy atom. The van der Waals surface area contributed by atoms with Crippen LogP contribution in [0.4, 0.5) is 0 Å². The van der Waals surface area contributed by atoms with Gasteiger partial charge < -0.3 is 0 Å². The lowest BCUT2D eigenvalue weighted by molar-refractivity contribution is 0.0983. The molecule has 0 bridgehead atoms. The molecule has 0 aromatic heterocycles.